The van der Waals surface area contributed by atoms with Gasteiger partial charge < -0.3 is 0 Å². The third kappa shape index (κ3) is 3.00. The molecule has 1 rings (SSSR count). The van der Waals surface area contributed by atoms with Gasteiger partial charge in [-0.05, 0) is 6.92 Å². The summed E-state index contributed by atoms with van der Waals surface area (Å²) in [5.41, 5.74) is 0. The first kappa shape index (κ1) is 11.0. The largest absolute Gasteiger partial charge is 0.285 e. The van der Waals surface area contributed by atoms with Crippen LogP contribution in [0.25, 0.3) is 0 Å². The molecule has 0 amide bonds. The third-order valence-electron chi connectivity index (χ3n) is 1.65. The topological polar surface area (TPSA) is 80.2 Å². The highest BCUT2D eigenvalue weighted by Crippen LogP contribution is 2.04. The molecule has 5 nitrogen and oxygen atoms in total. The molecular weight excluding hydrogens is 211 g/mol. The zero-order valence-corrected chi connectivity index (χ0v) is 8.20. The minimum absolute atomic E-state index is 0.0425. The number of halogens is 1. The van der Waals surface area contributed by atoms with Crippen LogP contribution in [-0.2, 0) is 16.5 Å². The molecule has 14 heavy (non-hydrogen) atoms. The molecule has 0 spiro atoms. The minimum Gasteiger partial charge on any atom is -0.285 e. The average Bonchev–Trinajstić information content (AvgIpc) is 2.07. The fourth-order valence-electron chi connectivity index (χ4n) is 0.807. The molecule has 0 aliphatic carbocycles. The fourth-order valence-corrected chi connectivity index (χ4v) is 1.17. The Morgan fingerprint density at radius 2 is 2.00 bits per heavy atom. The third-order valence-corrected chi connectivity index (χ3v) is 2.84. The number of aromatic nitrogens is 2. The Morgan fingerprint density at radius 1 is 1.50 bits per heavy atom. The van der Waals surface area contributed by atoms with Gasteiger partial charge in [0.05, 0.1) is 17.6 Å². The van der Waals surface area contributed by atoms with Gasteiger partial charge in [-0.1, -0.05) is 0 Å². The van der Waals surface area contributed by atoms with Crippen LogP contribution in [0.5, 0.6) is 0 Å². The van der Waals surface area contributed by atoms with E-state index in [1.807, 2.05) is 0 Å². The van der Waals surface area contributed by atoms with Crippen LogP contribution >= 0.6 is 0 Å². The summed E-state index contributed by atoms with van der Waals surface area (Å²) in [5.74, 6) is -0.412. The lowest BCUT2D eigenvalue weighted by molar-refractivity contribution is 0.468. The van der Waals surface area contributed by atoms with E-state index in [0.717, 1.165) is 12.4 Å². The summed E-state index contributed by atoms with van der Waals surface area (Å²) in [7, 11) is -4.08. The van der Waals surface area contributed by atoms with E-state index in [9.17, 15) is 12.8 Å². The van der Waals surface area contributed by atoms with Crippen LogP contribution in [0.1, 0.15) is 12.7 Å². The van der Waals surface area contributed by atoms with Crippen molar-refractivity contribution < 1.29 is 17.4 Å². The van der Waals surface area contributed by atoms with Gasteiger partial charge in [0.15, 0.2) is 5.82 Å². The van der Waals surface area contributed by atoms with E-state index in [1.165, 1.54) is 6.92 Å². The molecule has 1 atom stereocenters. The van der Waals surface area contributed by atoms with Crippen LogP contribution in [-0.4, -0.2) is 28.2 Å². The molecule has 0 aliphatic rings. The second-order valence-electron chi connectivity index (χ2n) is 2.85. The van der Waals surface area contributed by atoms with E-state index in [2.05, 4.69) is 9.97 Å². The smallest absolute Gasteiger partial charge is 0.267 e. The van der Waals surface area contributed by atoms with E-state index in [4.69, 9.17) is 4.55 Å². The van der Waals surface area contributed by atoms with Gasteiger partial charge in [-0.15, -0.1) is 0 Å². The van der Waals surface area contributed by atoms with Crippen molar-refractivity contribution in [1.82, 2.24) is 9.97 Å². The van der Waals surface area contributed by atoms with Gasteiger partial charge in [-0.2, -0.15) is 8.42 Å². The Hall–Kier alpha value is -1.08. The molecule has 1 N–H and O–H groups in total. The lowest BCUT2D eigenvalue weighted by Gasteiger charge is -2.05. The summed E-state index contributed by atoms with van der Waals surface area (Å²) in [6.07, 6.45) is 1.84. The summed E-state index contributed by atoms with van der Waals surface area (Å²) >= 11 is 0. The van der Waals surface area contributed by atoms with Crippen molar-refractivity contribution in [3.63, 3.8) is 0 Å². The second kappa shape index (κ2) is 3.97. The molecule has 0 radical (unpaired) electrons. The molecule has 0 saturated carbocycles. The standard InChI is InChI=1S/C7H9FN2O3S/c1-5(14(11,12)13)2-7-9-3-6(8)4-10-7/h3-5H,2H2,1H3,(H,11,12,13). The van der Waals surface area contributed by atoms with Crippen LogP contribution in [0.15, 0.2) is 12.4 Å². The van der Waals surface area contributed by atoms with E-state index < -0.39 is 21.2 Å². The number of hydrogen-bond acceptors (Lipinski definition) is 4. The molecule has 1 unspecified atom stereocenters. The molecule has 78 valence electrons. The SMILES string of the molecule is CC(Cc1ncc(F)cn1)S(=O)(=O)O. The summed E-state index contributed by atoms with van der Waals surface area (Å²) in [4.78, 5) is 7.14. The van der Waals surface area contributed by atoms with Gasteiger partial charge >= 0.3 is 0 Å². The van der Waals surface area contributed by atoms with Crippen molar-refractivity contribution in [1.29, 1.82) is 0 Å². The highest BCUT2D eigenvalue weighted by atomic mass is 32.2. The van der Waals surface area contributed by atoms with Crippen molar-refractivity contribution >= 4 is 10.1 Å². The van der Waals surface area contributed by atoms with Crippen LogP contribution in [0.3, 0.4) is 0 Å². The maximum Gasteiger partial charge on any atom is 0.267 e. The Labute approximate surface area is 80.8 Å². The van der Waals surface area contributed by atoms with Gasteiger partial charge in [0.2, 0.25) is 0 Å². The molecule has 7 heteroatoms. The van der Waals surface area contributed by atoms with Crippen molar-refractivity contribution in [2.75, 3.05) is 0 Å². The average molecular weight is 220 g/mol. The summed E-state index contributed by atoms with van der Waals surface area (Å²) in [6, 6.07) is 0. The van der Waals surface area contributed by atoms with Crippen LogP contribution in [0.4, 0.5) is 4.39 Å². The lowest BCUT2D eigenvalue weighted by atomic mass is 10.3. The second-order valence-corrected chi connectivity index (χ2v) is 4.68. The molecule has 1 aromatic rings. The highest BCUT2D eigenvalue weighted by Gasteiger charge is 2.18. The van der Waals surface area contributed by atoms with Gasteiger partial charge in [0.25, 0.3) is 10.1 Å². The molecule has 0 saturated heterocycles. The maximum absolute atomic E-state index is 12.4. The number of hydrogen-bond donors (Lipinski definition) is 1. The molecule has 0 aliphatic heterocycles. The van der Waals surface area contributed by atoms with E-state index in [1.54, 1.807) is 0 Å². The van der Waals surface area contributed by atoms with Gasteiger partial charge in [0, 0.05) is 6.42 Å². The molecule has 1 heterocycles. The quantitative estimate of drug-likeness (QED) is 0.747. The zero-order chi connectivity index (χ0) is 10.8. The summed E-state index contributed by atoms with van der Waals surface area (Å²) in [6.45, 7) is 1.32. The Morgan fingerprint density at radius 3 is 2.43 bits per heavy atom. The van der Waals surface area contributed by atoms with Crippen LogP contribution < -0.4 is 0 Å². The first-order chi connectivity index (χ1) is 6.39. The predicted octanol–water partition coefficient (Wildman–Crippen LogP) is 0.435. The summed E-state index contributed by atoms with van der Waals surface area (Å²) < 4.78 is 42.3. The maximum atomic E-state index is 12.4. The molecule has 1 aromatic heterocycles. The summed E-state index contributed by atoms with van der Waals surface area (Å²) in [5, 5.41) is -0.993. The molecule has 0 aromatic carbocycles. The first-order valence-corrected chi connectivity index (χ1v) is 5.32. The fraction of sp³-hybridized carbons (Fsp3) is 0.429. The zero-order valence-electron chi connectivity index (χ0n) is 7.38. The Balaban J connectivity index is 2.75. The number of nitrogens with zero attached hydrogens (tertiary/aromatic N) is 2. The van der Waals surface area contributed by atoms with Gasteiger partial charge in [-0.25, -0.2) is 14.4 Å². The Kier molecular flexibility index (Phi) is 3.12. The van der Waals surface area contributed by atoms with Crippen molar-refractivity contribution in [3.8, 4) is 0 Å². The van der Waals surface area contributed by atoms with Gasteiger partial charge in [0.1, 0.15) is 5.82 Å². The van der Waals surface area contributed by atoms with E-state index in [0.29, 0.717) is 0 Å². The molecule has 0 bridgehead atoms. The van der Waals surface area contributed by atoms with E-state index >= 15 is 0 Å². The number of rotatable bonds is 3. The molecule has 0 fully saturated rings. The van der Waals surface area contributed by atoms with Crippen molar-refractivity contribution in [3.05, 3.63) is 24.0 Å². The van der Waals surface area contributed by atoms with Crippen molar-refractivity contribution in [2.45, 2.75) is 18.6 Å². The predicted molar refractivity (Wildman–Crippen MR) is 46.7 cm³/mol. The van der Waals surface area contributed by atoms with Crippen LogP contribution in [0.2, 0.25) is 0 Å². The monoisotopic (exact) mass is 220 g/mol. The van der Waals surface area contributed by atoms with Crippen molar-refractivity contribution in [2.24, 2.45) is 0 Å². The van der Waals surface area contributed by atoms with Crippen LogP contribution in [0, 0.1) is 5.82 Å². The lowest BCUT2D eigenvalue weighted by Crippen LogP contribution is -2.20. The normalized spacial score (nSPS) is 13.9. The van der Waals surface area contributed by atoms with Gasteiger partial charge in [-0.3, -0.25) is 4.55 Å². The van der Waals surface area contributed by atoms with E-state index in [-0.39, 0.29) is 12.2 Å². The highest BCUT2D eigenvalue weighted by molar-refractivity contribution is 7.86. The minimum atomic E-state index is -4.08. The first-order valence-electron chi connectivity index (χ1n) is 3.82. The Bertz CT molecular complexity index is 403. The molecular formula is C7H9FN2O3S.